The van der Waals surface area contributed by atoms with Gasteiger partial charge < -0.3 is 26.2 Å². The zero-order valence-corrected chi connectivity index (χ0v) is 28.3. The molecule has 0 fully saturated rings. The Labute approximate surface area is 278 Å². The van der Waals surface area contributed by atoms with Crippen LogP contribution in [0.1, 0.15) is 117 Å². The van der Waals surface area contributed by atoms with Gasteiger partial charge in [-0.1, -0.05) is 26.2 Å². The zero-order chi connectivity index (χ0) is 35.5. The lowest BCUT2D eigenvalue weighted by atomic mass is 9.92. The fourth-order valence-corrected chi connectivity index (χ4v) is 4.57. The number of hydrogen-bond donors (Lipinski definition) is 7. The van der Waals surface area contributed by atoms with E-state index in [-0.39, 0.29) is 75.3 Å². The largest absolute Gasteiger partial charge is 0.396 e. The smallest absolute Gasteiger partial charge is 0.246 e. The van der Waals surface area contributed by atoms with Gasteiger partial charge in [-0.15, -0.1) is 0 Å². The molecule has 0 saturated heterocycles. The molecule has 15 heteroatoms. The molecule has 0 aliphatic carbocycles. The fourth-order valence-electron chi connectivity index (χ4n) is 4.57. The van der Waals surface area contributed by atoms with Crippen molar-refractivity contribution in [2.45, 2.75) is 123 Å². The fraction of sp³-hybridized carbons (Fsp3) is 0.812. The van der Waals surface area contributed by atoms with Gasteiger partial charge in [0.2, 0.25) is 29.5 Å². The molecule has 2 unspecified atom stereocenters. The van der Waals surface area contributed by atoms with Crippen LogP contribution in [0.5, 0.6) is 0 Å². The number of hydrogen-bond acceptors (Lipinski definition) is 10. The second-order valence-corrected chi connectivity index (χ2v) is 11.8. The Kier molecular flexibility index (Phi) is 26.1. The highest BCUT2D eigenvalue weighted by atomic mass is 16.5. The summed E-state index contributed by atoms with van der Waals surface area (Å²) in [6, 6.07) is 0. The third-order valence-electron chi connectivity index (χ3n) is 7.73. The van der Waals surface area contributed by atoms with Crippen LogP contribution in [-0.4, -0.2) is 112 Å². The van der Waals surface area contributed by atoms with E-state index >= 15 is 0 Å². The molecule has 5 amide bonds. The molecular formula is C32H59N5O10. The normalized spacial score (nSPS) is 12.1. The first-order valence-electron chi connectivity index (χ1n) is 17.0. The van der Waals surface area contributed by atoms with Gasteiger partial charge >= 0.3 is 0 Å². The standard InChI is InChI=1S/C32H59N5O10/c1-25(28(41)14-15-29(42)33-20-9-5-11-22-36(46)26(2)39)27(40)13-7-3-4-8-19-34-30(43)16-17-32(45)37(47)23-12-6-10-21-35-31(44)18-24-38/h25,27,38,40,46-47H,3-24H2,1-2H3,(H,33,42)(H,34,43)(H,35,44). The van der Waals surface area contributed by atoms with Crippen LogP contribution in [0.15, 0.2) is 0 Å². The molecule has 47 heavy (non-hydrogen) atoms. The Bertz CT molecular complexity index is 936. The topological polar surface area (TPSA) is 226 Å². The van der Waals surface area contributed by atoms with Crippen LogP contribution < -0.4 is 16.0 Å². The number of unbranched alkanes of at least 4 members (excludes halogenated alkanes) is 7. The zero-order valence-electron chi connectivity index (χ0n) is 28.3. The number of rotatable bonds is 29. The van der Waals surface area contributed by atoms with Gasteiger partial charge in [0.05, 0.1) is 12.7 Å². The highest BCUT2D eigenvalue weighted by Crippen LogP contribution is 2.15. The van der Waals surface area contributed by atoms with Crippen LogP contribution in [0.3, 0.4) is 0 Å². The van der Waals surface area contributed by atoms with E-state index in [4.69, 9.17) is 5.11 Å². The van der Waals surface area contributed by atoms with Gasteiger partial charge in [-0.2, -0.15) is 0 Å². The summed E-state index contributed by atoms with van der Waals surface area (Å²) in [5.41, 5.74) is 0. The summed E-state index contributed by atoms with van der Waals surface area (Å²) in [6.45, 7) is 4.49. The van der Waals surface area contributed by atoms with E-state index in [1.54, 1.807) is 6.92 Å². The monoisotopic (exact) mass is 673 g/mol. The van der Waals surface area contributed by atoms with Gasteiger partial charge in [0, 0.05) is 77.7 Å². The molecule has 0 aliphatic rings. The maximum atomic E-state index is 12.4. The minimum Gasteiger partial charge on any atom is -0.396 e. The van der Waals surface area contributed by atoms with Crippen LogP contribution in [-0.2, 0) is 28.8 Å². The highest BCUT2D eigenvalue weighted by molar-refractivity contribution is 5.86. The van der Waals surface area contributed by atoms with Crippen molar-refractivity contribution in [1.29, 1.82) is 0 Å². The third-order valence-corrected chi connectivity index (χ3v) is 7.73. The van der Waals surface area contributed by atoms with E-state index in [0.717, 1.165) is 25.7 Å². The molecule has 0 bridgehead atoms. The molecule has 0 saturated carbocycles. The summed E-state index contributed by atoms with van der Waals surface area (Å²) in [7, 11) is 0. The van der Waals surface area contributed by atoms with Crippen LogP contribution in [0, 0.1) is 5.92 Å². The molecule has 15 nitrogen and oxygen atoms in total. The Hall–Kier alpha value is -3.14. The number of hydroxylamine groups is 4. The maximum absolute atomic E-state index is 12.4. The Morgan fingerprint density at radius 3 is 1.55 bits per heavy atom. The molecule has 0 aromatic carbocycles. The summed E-state index contributed by atoms with van der Waals surface area (Å²) in [4.78, 5) is 70.6. The first-order valence-corrected chi connectivity index (χ1v) is 17.0. The molecule has 0 rings (SSSR count). The first-order chi connectivity index (χ1) is 22.4. The van der Waals surface area contributed by atoms with Crippen molar-refractivity contribution in [2.24, 2.45) is 5.92 Å². The number of Topliss-reactive ketones (excluding diaryl/α,β-unsaturated/α-hetero) is 1. The van der Waals surface area contributed by atoms with Crippen molar-refractivity contribution in [1.82, 2.24) is 26.1 Å². The number of amides is 5. The summed E-state index contributed by atoms with van der Waals surface area (Å²) in [5.74, 6) is -2.40. The van der Waals surface area contributed by atoms with Crippen LogP contribution in [0.25, 0.3) is 0 Å². The van der Waals surface area contributed by atoms with Crippen LogP contribution in [0.2, 0.25) is 0 Å². The van der Waals surface area contributed by atoms with Gasteiger partial charge in [0.25, 0.3) is 0 Å². The number of carbonyl (C=O) groups excluding carboxylic acids is 6. The van der Waals surface area contributed by atoms with Crippen molar-refractivity contribution >= 4 is 35.3 Å². The van der Waals surface area contributed by atoms with E-state index < -0.39 is 23.8 Å². The van der Waals surface area contributed by atoms with Gasteiger partial charge in [-0.3, -0.25) is 39.2 Å². The van der Waals surface area contributed by atoms with E-state index in [9.17, 15) is 44.3 Å². The molecule has 272 valence electrons. The van der Waals surface area contributed by atoms with E-state index in [1.165, 1.54) is 6.92 Å². The average Bonchev–Trinajstić information content (AvgIpc) is 3.04. The van der Waals surface area contributed by atoms with Crippen LogP contribution in [0.4, 0.5) is 0 Å². The first kappa shape index (κ1) is 43.9. The molecule has 2 atom stereocenters. The minimum atomic E-state index is -0.792. The molecule has 0 heterocycles. The number of nitrogens with zero attached hydrogens (tertiary/aromatic N) is 2. The number of nitrogens with one attached hydrogen (secondary N) is 3. The summed E-state index contributed by atoms with van der Waals surface area (Å²) in [5, 5.41) is 47.7. The number of ketones is 1. The van der Waals surface area contributed by atoms with Crippen molar-refractivity contribution in [3.05, 3.63) is 0 Å². The van der Waals surface area contributed by atoms with Crippen LogP contribution >= 0.6 is 0 Å². The van der Waals surface area contributed by atoms with E-state index in [0.29, 0.717) is 74.7 Å². The number of carbonyl (C=O) groups is 6. The van der Waals surface area contributed by atoms with Crippen molar-refractivity contribution < 1.29 is 49.4 Å². The number of aliphatic hydroxyl groups is 2. The molecular weight excluding hydrogens is 614 g/mol. The SMILES string of the molecule is CC(=O)N(O)CCCCCNC(=O)CCC(=O)C(C)C(O)CCCCCCNC(=O)CCC(=O)N(O)CCCCCNC(=O)CCO. The van der Waals surface area contributed by atoms with E-state index in [2.05, 4.69) is 16.0 Å². The van der Waals surface area contributed by atoms with E-state index in [1.807, 2.05) is 0 Å². The lowest BCUT2D eigenvalue weighted by molar-refractivity contribution is -0.166. The maximum Gasteiger partial charge on any atom is 0.246 e. The van der Waals surface area contributed by atoms with Gasteiger partial charge in [0.1, 0.15) is 5.78 Å². The second kappa shape index (κ2) is 27.9. The van der Waals surface area contributed by atoms with Gasteiger partial charge in [0.15, 0.2) is 0 Å². The summed E-state index contributed by atoms with van der Waals surface area (Å²) < 4.78 is 0. The molecule has 0 aliphatic heterocycles. The molecule has 7 N–H and O–H groups in total. The van der Waals surface area contributed by atoms with Gasteiger partial charge in [-0.25, -0.2) is 10.1 Å². The number of aliphatic hydroxyl groups excluding tert-OH is 2. The minimum absolute atomic E-state index is 0.0277. The quantitative estimate of drug-likeness (QED) is 0.0345. The Morgan fingerprint density at radius 2 is 1.04 bits per heavy atom. The van der Waals surface area contributed by atoms with Gasteiger partial charge in [-0.05, 0) is 51.4 Å². The van der Waals surface area contributed by atoms with Crippen molar-refractivity contribution in [3.8, 4) is 0 Å². The average molecular weight is 674 g/mol. The Morgan fingerprint density at radius 1 is 0.596 bits per heavy atom. The van der Waals surface area contributed by atoms with Crippen molar-refractivity contribution in [2.75, 3.05) is 39.3 Å². The molecule has 0 aromatic heterocycles. The molecule has 0 aromatic rings. The van der Waals surface area contributed by atoms with Crippen molar-refractivity contribution in [3.63, 3.8) is 0 Å². The Balaban J connectivity index is 3.82. The molecule has 0 radical (unpaired) electrons. The third kappa shape index (κ3) is 24.7. The lowest BCUT2D eigenvalue weighted by Gasteiger charge is -2.17. The second-order valence-electron chi connectivity index (χ2n) is 11.8. The predicted octanol–water partition coefficient (Wildman–Crippen LogP) is 1.59. The highest BCUT2D eigenvalue weighted by Gasteiger charge is 2.22. The predicted molar refractivity (Wildman–Crippen MR) is 173 cm³/mol. The summed E-state index contributed by atoms with van der Waals surface area (Å²) in [6.07, 6.45) is 6.76. The summed E-state index contributed by atoms with van der Waals surface area (Å²) >= 11 is 0. The lowest BCUT2D eigenvalue weighted by Crippen LogP contribution is -2.31. The molecule has 0 spiro atoms.